The zero-order valence-electron chi connectivity index (χ0n) is 12.4. The number of alkyl halides is 3. The van der Waals surface area contributed by atoms with E-state index in [1.807, 2.05) is 0 Å². The maximum absolute atomic E-state index is 12.6. The van der Waals surface area contributed by atoms with E-state index in [1.165, 1.54) is 19.2 Å². The van der Waals surface area contributed by atoms with E-state index >= 15 is 0 Å². The Morgan fingerprint density at radius 1 is 1.27 bits per heavy atom. The van der Waals surface area contributed by atoms with E-state index in [0.717, 1.165) is 30.5 Å². The second-order valence-electron chi connectivity index (χ2n) is 5.85. The molecule has 0 heterocycles. The molecular formula is C16H20F3NO2. The molecule has 3 atom stereocenters. The lowest BCUT2D eigenvalue weighted by atomic mass is 9.74. The van der Waals surface area contributed by atoms with Crippen molar-refractivity contribution in [1.29, 1.82) is 0 Å². The highest BCUT2D eigenvalue weighted by molar-refractivity contribution is 5.69. The monoisotopic (exact) mass is 315 g/mol. The Balaban J connectivity index is 2.10. The molecule has 122 valence electrons. The van der Waals surface area contributed by atoms with Crippen molar-refractivity contribution in [3.05, 3.63) is 35.4 Å². The molecule has 3 nitrogen and oxygen atoms in total. The molecule has 6 heteroatoms. The third-order valence-electron chi connectivity index (χ3n) is 4.36. The van der Waals surface area contributed by atoms with Crippen LogP contribution in [0.3, 0.4) is 0 Å². The van der Waals surface area contributed by atoms with E-state index in [9.17, 15) is 18.0 Å². The van der Waals surface area contributed by atoms with E-state index in [4.69, 9.17) is 5.73 Å². The molecular weight excluding hydrogens is 295 g/mol. The van der Waals surface area contributed by atoms with Crippen LogP contribution >= 0.6 is 0 Å². The molecule has 1 aliphatic carbocycles. The van der Waals surface area contributed by atoms with Crippen LogP contribution in [0.1, 0.15) is 42.7 Å². The van der Waals surface area contributed by atoms with Crippen molar-refractivity contribution in [2.45, 2.75) is 43.8 Å². The van der Waals surface area contributed by atoms with Crippen molar-refractivity contribution in [2.75, 3.05) is 7.11 Å². The summed E-state index contributed by atoms with van der Waals surface area (Å²) >= 11 is 0. The number of hydrogen-bond donors (Lipinski definition) is 1. The van der Waals surface area contributed by atoms with E-state index < -0.39 is 11.7 Å². The number of rotatable bonds is 3. The lowest BCUT2D eigenvalue weighted by molar-refractivity contribution is -0.142. The van der Waals surface area contributed by atoms with Crippen molar-refractivity contribution in [2.24, 2.45) is 11.7 Å². The Bertz CT molecular complexity index is 513. The molecule has 0 saturated heterocycles. The number of halogens is 3. The summed E-state index contributed by atoms with van der Waals surface area (Å²) in [6.07, 6.45) is -1.70. The molecule has 0 spiro atoms. The molecule has 1 aliphatic rings. The van der Waals surface area contributed by atoms with E-state index in [2.05, 4.69) is 4.74 Å². The average molecular weight is 315 g/mol. The molecule has 22 heavy (non-hydrogen) atoms. The first-order chi connectivity index (χ1) is 10.3. The summed E-state index contributed by atoms with van der Waals surface area (Å²) in [6, 6.07) is 5.07. The first kappa shape index (κ1) is 16.8. The van der Waals surface area contributed by atoms with Crippen LogP contribution in [0.15, 0.2) is 24.3 Å². The molecule has 0 bridgehead atoms. The zero-order chi connectivity index (χ0) is 16.3. The standard InChI is InChI=1S/C16H20F3NO2/c1-22-15(21)9-10-2-7-14(20)13(8-10)11-3-5-12(6-4-11)16(17,18)19/h3-6,10,13-14H,2,7-9,20H2,1H3. The average Bonchev–Trinajstić information content (AvgIpc) is 2.48. The molecule has 0 amide bonds. The number of nitrogens with two attached hydrogens (primary N) is 1. The quantitative estimate of drug-likeness (QED) is 0.869. The highest BCUT2D eigenvalue weighted by Gasteiger charge is 2.33. The summed E-state index contributed by atoms with van der Waals surface area (Å²) in [5, 5.41) is 0. The van der Waals surface area contributed by atoms with E-state index in [1.54, 1.807) is 0 Å². The minimum atomic E-state index is -4.33. The summed E-state index contributed by atoms with van der Waals surface area (Å²) in [5.74, 6) is -0.114. The Morgan fingerprint density at radius 3 is 2.45 bits per heavy atom. The second kappa shape index (κ2) is 6.69. The Morgan fingerprint density at radius 2 is 1.91 bits per heavy atom. The molecule has 3 unspecified atom stereocenters. The summed E-state index contributed by atoms with van der Waals surface area (Å²) in [4.78, 5) is 11.4. The predicted octanol–water partition coefficient (Wildman–Crippen LogP) is 3.48. The highest BCUT2D eigenvalue weighted by atomic mass is 19.4. The SMILES string of the molecule is COC(=O)CC1CCC(N)C(c2ccc(C(F)(F)F)cc2)C1. The number of carbonyl (C=O) groups is 1. The summed E-state index contributed by atoms with van der Waals surface area (Å²) in [5.41, 5.74) is 6.26. The molecule has 0 aromatic heterocycles. The molecule has 1 saturated carbocycles. The summed E-state index contributed by atoms with van der Waals surface area (Å²) in [6.45, 7) is 0. The molecule has 1 aromatic rings. The Hall–Kier alpha value is -1.56. The van der Waals surface area contributed by atoms with Gasteiger partial charge in [-0.2, -0.15) is 13.2 Å². The number of methoxy groups -OCH3 is 1. The van der Waals surface area contributed by atoms with Crippen molar-refractivity contribution < 1.29 is 22.7 Å². The second-order valence-corrected chi connectivity index (χ2v) is 5.85. The van der Waals surface area contributed by atoms with Gasteiger partial charge in [0.1, 0.15) is 0 Å². The zero-order valence-corrected chi connectivity index (χ0v) is 12.4. The van der Waals surface area contributed by atoms with Gasteiger partial charge in [-0.1, -0.05) is 12.1 Å². The van der Waals surface area contributed by atoms with Crippen LogP contribution in [0.5, 0.6) is 0 Å². The molecule has 2 rings (SSSR count). The van der Waals surface area contributed by atoms with Crippen LogP contribution in [0.25, 0.3) is 0 Å². The Kier molecular flexibility index (Phi) is 5.11. The van der Waals surface area contributed by atoms with Crippen LogP contribution in [0.4, 0.5) is 13.2 Å². The maximum atomic E-state index is 12.6. The maximum Gasteiger partial charge on any atom is 0.416 e. The molecule has 0 aliphatic heterocycles. The number of carbonyl (C=O) groups excluding carboxylic acids is 1. The number of esters is 1. The van der Waals surface area contributed by atoms with Crippen LogP contribution < -0.4 is 5.73 Å². The smallest absolute Gasteiger partial charge is 0.416 e. The van der Waals surface area contributed by atoms with E-state index in [0.29, 0.717) is 12.8 Å². The van der Waals surface area contributed by atoms with Crippen molar-refractivity contribution in [1.82, 2.24) is 0 Å². The van der Waals surface area contributed by atoms with Gasteiger partial charge >= 0.3 is 12.1 Å². The minimum absolute atomic E-state index is 0.0225. The highest BCUT2D eigenvalue weighted by Crippen LogP contribution is 2.38. The van der Waals surface area contributed by atoms with Gasteiger partial charge in [0.05, 0.1) is 12.7 Å². The number of benzene rings is 1. The van der Waals surface area contributed by atoms with E-state index in [-0.39, 0.29) is 23.8 Å². The third kappa shape index (κ3) is 4.00. The summed E-state index contributed by atoms with van der Waals surface area (Å²) < 4.78 is 42.5. The third-order valence-corrected chi connectivity index (χ3v) is 4.36. The van der Waals surface area contributed by atoms with Crippen LogP contribution in [0, 0.1) is 5.92 Å². The fraction of sp³-hybridized carbons (Fsp3) is 0.562. The fourth-order valence-electron chi connectivity index (χ4n) is 3.09. The van der Waals surface area contributed by atoms with Gasteiger partial charge in [-0.15, -0.1) is 0 Å². The van der Waals surface area contributed by atoms with Crippen molar-refractivity contribution >= 4 is 5.97 Å². The number of ether oxygens (including phenoxy) is 1. The molecule has 1 aromatic carbocycles. The molecule has 2 N–H and O–H groups in total. The summed E-state index contributed by atoms with van der Waals surface area (Å²) in [7, 11) is 1.35. The van der Waals surface area contributed by atoms with Gasteiger partial charge in [-0.05, 0) is 48.8 Å². The topological polar surface area (TPSA) is 52.3 Å². The van der Waals surface area contributed by atoms with Gasteiger partial charge in [0.2, 0.25) is 0 Å². The van der Waals surface area contributed by atoms with Gasteiger partial charge in [0, 0.05) is 12.5 Å². The van der Waals surface area contributed by atoms with Gasteiger partial charge in [0.15, 0.2) is 0 Å². The van der Waals surface area contributed by atoms with Crippen LogP contribution in [-0.2, 0) is 15.7 Å². The van der Waals surface area contributed by atoms with Crippen molar-refractivity contribution in [3.63, 3.8) is 0 Å². The van der Waals surface area contributed by atoms with Crippen LogP contribution in [0.2, 0.25) is 0 Å². The predicted molar refractivity (Wildman–Crippen MR) is 76.1 cm³/mol. The van der Waals surface area contributed by atoms with Gasteiger partial charge in [-0.3, -0.25) is 4.79 Å². The first-order valence-corrected chi connectivity index (χ1v) is 7.30. The molecule has 1 fully saturated rings. The van der Waals surface area contributed by atoms with Gasteiger partial charge in [0.25, 0.3) is 0 Å². The molecule has 0 radical (unpaired) electrons. The van der Waals surface area contributed by atoms with Crippen molar-refractivity contribution in [3.8, 4) is 0 Å². The van der Waals surface area contributed by atoms with Crippen LogP contribution in [-0.4, -0.2) is 19.1 Å². The van der Waals surface area contributed by atoms with Gasteiger partial charge in [-0.25, -0.2) is 0 Å². The number of hydrogen-bond acceptors (Lipinski definition) is 3. The lowest BCUT2D eigenvalue weighted by Crippen LogP contribution is -2.35. The lowest BCUT2D eigenvalue weighted by Gasteiger charge is -2.34. The fourth-order valence-corrected chi connectivity index (χ4v) is 3.09. The largest absolute Gasteiger partial charge is 0.469 e. The normalized spacial score (nSPS) is 25.8. The Labute approximate surface area is 127 Å². The van der Waals surface area contributed by atoms with Gasteiger partial charge < -0.3 is 10.5 Å². The minimum Gasteiger partial charge on any atom is -0.469 e. The first-order valence-electron chi connectivity index (χ1n) is 7.30.